The standard InChI is InChI=1S/C30H23NO4/c1-19-12-13-24-22(14-19)30(17-33-25-16-27-26(15-23(25)30)34-18-35-27)29(32)31(24)28(20-8-4-2-5-9-20)21-10-6-3-7-11-21/h2-16,28H,17-18H2,1H3. The molecule has 5 heteroatoms. The lowest BCUT2D eigenvalue weighted by Gasteiger charge is -2.31. The van der Waals surface area contributed by atoms with Gasteiger partial charge in [0, 0.05) is 17.3 Å². The number of hydrogen-bond donors (Lipinski definition) is 0. The SMILES string of the molecule is Cc1ccc2c(c1)C1(COc3cc4c(cc31)OCO4)C(=O)N2C(c1ccccc1)c1ccccc1. The maximum Gasteiger partial charge on any atom is 0.246 e. The van der Waals surface area contributed by atoms with Crippen molar-refractivity contribution in [3.05, 3.63) is 119 Å². The van der Waals surface area contributed by atoms with Crippen molar-refractivity contribution in [1.82, 2.24) is 0 Å². The maximum atomic E-state index is 14.7. The molecule has 35 heavy (non-hydrogen) atoms. The molecule has 0 bridgehead atoms. The van der Waals surface area contributed by atoms with Crippen LogP contribution in [0, 0.1) is 6.92 Å². The predicted octanol–water partition coefficient (Wildman–Crippen LogP) is 5.54. The van der Waals surface area contributed by atoms with Gasteiger partial charge in [0.1, 0.15) is 17.8 Å². The quantitative estimate of drug-likeness (QED) is 0.402. The molecule has 0 N–H and O–H groups in total. The van der Waals surface area contributed by atoms with Crippen molar-refractivity contribution in [2.45, 2.75) is 18.4 Å². The second-order valence-electron chi connectivity index (χ2n) is 9.32. The molecular formula is C30H23NO4. The molecule has 1 spiro atoms. The molecule has 0 radical (unpaired) electrons. The van der Waals surface area contributed by atoms with Crippen molar-refractivity contribution < 1.29 is 19.0 Å². The molecule has 3 aliphatic rings. The van der Waals surface area contributed by atoms with Crippen LogP contribution in [0.4, 0.5) is 5.69 Å². The van der Waals surface area contributed by atoms with E-state index < -0.39 is 5.41 Å². The molecule has 1 atom stereocenters. The van der Waals surface area contributed by atoms with E-state index in [1.54, 1.807) is 0 Å². The van der Waals surface area contributed by atoms with E-state index in [1.165, 1.54) is 0 Å². The lowest BCUT2D eigenvalue weighted by molar-refractivity contribution is -0.122. The molecule has 4 aromatic carbocycles. The van der Waals surface area contributed by atoms with E-state index in [4.69, 9.17) is 14.2 Å². The Morgan fingerprint density at radius 1 is 0.743 bits per heavy atom. The summed E-state index contributed by atoms with van der Waals surface area (Å²) in [6.07, 6.45) is 0. The van der Waals surface area contributed by atoms with Gasteiger partial charge in [-0.25, -0.2) is 0 Å². The molecule has 0 saturated heterocycles. The van der Waals surface area contributed by atoms with Crippen molar-refractivity contribution in [2.75, 3.05) is 18.3 Å². The van der Waals surface area contributed by atoms with E-state index in [2.05, 4.69) is 49.4 Å². The summed E-state index contributed by atoms with van der Waals surface area (Å²) in [5.74, 6) is 1.98. The first-order valence-electron chi connectivity index (χ1n) is 11.8. The molecular weight excluding hydrogens is 438 g/mol. The molecule has 7 rings (SSSR count). The van der Waals surface area contributed by atoms with E-state index in [-0.39, 0.29) is 25.3 Å². The summed E-state index contributed by atoms with van der Waals surface area (Å²) in [5.41, 5.74) is 4.98. The molecule has 0 aliphatic carbocycles. The zero-order chi connectivity index (χ0) is 23.6. The van der Waals surface area contributed by atoms with Crippen LogP contribution in [0.5, 0.6) is 17.2 Å². The lowest BCUT2D eigenvalue weighted by Crippen LogP contribution is -2.44. The lowest BCUT2D eigenvalue weighted by atomic mass is 9.76. The van der Waals surface area contributed by atoms with Crippen LogP contribution in [0.25, 0.3) is 0 Å². The second kappa shape index (κ2) is 7.37. The Labute approximate surface area is 203 Å². The number of carbonyl (C=O) groups is 1. The maximum absolute atomic E-state index is 14.7. The Balaban J connectivity index is 1.47. The zero-order valence-corrected chi connectivity index (χ0v) is 19.2. The molecule has 1 unspecified atom stereocenters. The highest BCUT2D eigenvalue weighted by molar-refractivity contribution is 6.12. The van der Waals surface area contributed by atoms with Crippen LogP contribution in [0.1, 0.15) is 33.9 Å². The molecule has 1 amide bonds. The summed E-state index contributed by atoms with van der Waals surface area (Å²) < 4.78 is 17.4. The zero-order valence-electron chi connectivity index (χ0n) is 19.2. The number of aryl methyl sites for hydroxylation is 1. The van der Waals surface area contributed by atoms with Crippen molar-refractivity contribution in [1.29, 1.82) is 0 Å². The minimum absolute atomic E-state index is 0.00780. The fraction of sp³-hybridized carbons (Fsp3) is 0.167. The number of ether oxygens (including phenoxy) is 3. The molecule has 0 saturated carbocycles. The van der Waals surface area contributed by atoms with Gasteiger partial charge in [0.15, 0.2) is 11.5 Å². The molecule has 172 valence electrons. The van der Waals surface area contributed by atoms with Gasteiger partial charge in [-0.1, -0.05) is 78.4 Å². The number of rotatable bonds is 3. The molecule has 0 aromatic heterocycles. The van der Waals surface area contributed by atoms with Gasteiger partial charge < -0.3 is 14.2 Å². The summed E-state index contributed by atoms with van der Waals surface area (Å²) in [5, 5.41) is 0. The number of nitrogens with zero attached hydrogens (tertiary/aromatic N) is 1. The van der Waals surface area contributed by atoms with E-state index in [1.807, 2.05) is 53.4 Å². The third-order valence-electron chi connectivity index (χ3n) is 7.32. The Kier molecular flexibility index (Phi) is 4.25. The topological polar surface area (TPSA) is 48.0 Å². The molecule has 3 aliphatic heterocycles. The largest absolute Gasteiger partial charge is 0.491 e. The van der Waals surface area contributed by atoms with Gasteiger partial charge >= 0.3 is 0 Å². The van der Waals surface area contributed by atoms with Crippen LogP contribution in [0.2, 0.25) is 0 Å². The van der Waals surface area contributed by atoms with E-state index in [9.17, 15) is 4.79 Å². The molecule has 0 fully saturated rings. The number of benzene rings is 4. The van der Waals surface area contributed by atoms with Gasteiger partial charge in [0.25, 0.3) is 0 Å². The van der Waals surface area contributed by atoms with Crippen LogP contribution in [0.15, 0.2) is 91.0 Å². The highest BCUT2D eigenvalue weighted by atomic mass is 16.7. The molecule has 5 nitrogen and oxygen atoms in total. The van der Waals surface area contributed by atoms with Crippen LogP contribution in [-0.4, -0.2) is 19.3 Å². The van der Waals surface area contributed by atoms with E-state index in [0.717, 1.165) is 33.5 Å². The smallest absolute Gasteiger partial charge is 0.246 e. The third-order valence-corrected chi connectivity index (χ3v) is 7.32. The second-order valence-corrected chi connectivity index (χ2v) is 9.32. The number of carbonyl (C=O) groups excluding carboxylic acids is 1. The van der Waals surface area contributed by atoms with Gasteiger partial charge in [0.2, 0.25) is 12.7 Å². The summed E-state index contributed by atoms with van der Waals surface area (Å²) in [7, 11) is 0. The summed E-state index contributed by atoms with van der Waals surface area (Å²) >= 11 is 0. The number of fused-ring (bicyclic) bond motifs is 5. The fourth-order valence-corrected chi connectivity index (χ4v) is 5.69. The predicted molar refractivity (Wildman–Crippen MR) is 132 cm³/mol. The van der Waals surface area contributed by atoms with Crippen LogP contribution in [-0.2, 0) is 10.2 Å². The van der Waals surface area contributed by atoms with Gasteiger partial charge in [-0.15, -0.1) is 0 Å². The third kappa shape index (κ3) is 2.78. The van der Waals surface area contributed by atoms with Crippen LogP contribution >= 0.6 is 0 Å². The summed E-state index contributed by atoms with van der Waals surface area (Å²) in [4.78, 5) is 16.7. The average molecular weight is 462 g/mol. The Bertz CT molecular complexity index is 1430. The summed E-state index contributed by atoms with van der Waals surface area (Å²) in [6, 6.07) is 30.2. The van der Waals surface area contributed by atoms with Crippen molar-refractivity contribution in [3.8, 4) is 17.2 Å². The van der Waals surface area contributed by atoms with Crippen LogP contribution < -0.4 is 19.1 Å². The van der Waals surface area contributed by atoms with Crippen molar-refractivity contribution in [3.63, 3.8) is 0 Å². The van der Waals surface area contributed by atoms with Crippen molar-refractivity contribution >= 4 is 11.6 Å². The first-order valence-corrected chi connectivity index (χ1v) is 11.8. The summed E-state index contributed by atoms with van der Waals surface area (Å²) in [6.45, 7) is 2.47. The molecule has 4 aromatic rings. The van der Waals surface area contributed by atoms with E-state index in [0.29, 0.717) is 17.2 Å². The first kappa shape index (κ1) is 20.2. The van der Waals surface area contributed by atoms with E-state index >= 15 is 0 Å². The highest BCUT2D eigenvalue weighted by Crippen LogP contribution is 2.57. The first-order chi connectivity index (χ1) is 17.2. The minimum Gasteiger partial charge on any atom is -0.491 e. The minimum atomic E-state index is -0.945. The van der Waals surface area contributed by atoms with Gasteiger partial charge in [-0.3, -0.25) is 9.69 Å². The normalized spacial score (nSPS) is 19.3. The van der Waals surface area contributed by atoms with Crippen molar-refractivity contribution in [2.24, 2.45) is 0 Å². The highest BCUT2D eigenvalue weighted by Gasteiger charge is 2.59. The molecule has 3 heterocycles. The fourth-order valence-electron chi connectivity index (χ4n) is 5.69. The average Bonchev–Trinajstić information content (AvgIpc) is 3.57. The Morgan fingerprint density at radius 3 is 2.09 bits per heavy atom. The Hall–Kier alpha value is -4.25. The number of amides is 1. The number of anilines is 1. The Morgan fingerprint density at radius 2 is 1.40 bits per heavy atom. The van der Waals surface area contributed by atoms with Gasteiger partial charge in [-0.05, 0) is 35.7 Å². The van der Waals surface area contributed by atoms with Crippen LogP contribution in [0.3, 0.4) is 0 Å². The monoisotopic (exact) mass is 461 g/mol. The number of hydrogen-bond acceptors (Lipinski definition) is 4. The van der Waals surface area contributed by atoms with Gasteiger partial charge in [0.05, 0.1) is 6.04 Å². The van der Waals surface area contributed by atoms with Gasteiger partial charge in [-0.2, -0.15) is 0 Å².